The first-order chi connectivity index (χ1) is 7.68. The third-order valence-corrected chi connectivity index (χ3v) is 3.26. The minimum absolute atomic E-state index is 0.469. The molecule has 0 spiro atoms. The van der Waals surface area contributed by atoms with Gasteiger partial charge in [0.2, 0.25) is 0 Å². The fraction of sp³-hybridized carbons (Fsp3) is 0.0769. The summed E-state index contributed by atoms with van der Waals surface area (Å²) in [5, 5.41) is 2.35. The lowest BCUT2D eigenvalue weighted by Gasteiger charge is -2.09. The van der Waals surface area contributed by atoms with Crippen LogP contribution in [0.4, 0.5) is 0 Å². The van der Waals surface area contributed by atoms with Gasteiger partial charge in [-0.3, -0.25) is 0 Å². The molecule has 0 bridgehead atoms. The molecule has 16 heavy (non-hydrogen) atoms. The first-order valence-electron chi connectivity index (χ1n) is 4.82. The Labute approximate surface area is 111 Å². The molecule has 0 fully saturated rings. The Morgan fingerprint density at radius 1 is 1.19 bits per heavy atom. The minimum Gasteiger partial charge on any atom is -0.487 e. The van der Waals surface area contributed by atoms with Gasteiger partial charge >= 0.3 is 0 Å². The van der Waals surface area contributed by atoms with E-state index >= 15 is 0 Å². The van der Waals surface area contributed by atoms with Gasteiger partial charge in [0.05, 0.1) is 4.47 Å². The summed E-state index contributed by atoms with van der Waals surface area (Å²) in [4.78, 5) is 0. The predicted molar refractivity (Wildman–Crippen MR) is 75.2 cm³/mol. The maximum atomic E-state index is 5.61. The summed E-state index contributed by atoms with van der Waals surface area (Å²) in [6.45, 7) is 4.21. The van der Waals surface area contributed by atoms with Crippen LogP contribution in [0.15, 0.2) is 51.9 Å². The molecule has 0 radical (unpaired) electrons. The fourth-order valence-electron chi connectivity index (χ4n) is 1.48. The van der Waals surface area contributed by atoms with Crippen molar-refractivity contribution in [3.63, 3.8) is 0 Å². The summed E-state index contributed by atoms with van der Waals surface area (Å²) in [7, 11) is 0. The van der Waals surface area contributed by atoms with E-state index in [9.17, 15) is 0 Å². The van der Waals surface area contributed by atoms with Crippen molar-refractivity contribution < 1.29 is 4.74 Å². The maximum absolute atomic E-state index is 5.61. The van der Waals surface area contributed by atoms with E-state index in [2.05, 4.69) is 50.6 Å². The highest BCUT2D eigenvalue weighted by Gasteiger charge is 2.05. The lowest BCUT2D eigenvalue weighted by atomic mass is 10.1. The van der Waals surface area contributed by atoms with Gasteiger partial charge in [-0.25, -0.2) is 0 Å². The van der Waals surface area contributed by atoms with Crippen molar-refractivity contribution >= 4 is 42.6 Å². The van der Waals surface area contributed by atoms with Gasteiger partial charge in [-0.05, 0) is 32.8 Å². The molecule has 0 saturated carbocycles. The molecule has 0 aliphatic rings. The first-order valence-corrected chi connectivity index (χ1v) is 6.40. The van der Waals surface area contributed by atoms with Crippen LogP contribution in [0.1, 0.15) is 0 Å². The molecule has 0 heterocycles. The molecule has 1 nitrogen and oxygen atoms in total. The third kappa shape index (κ3) is 2.47. The standard InChI is InChI=1S/C13H10Br2O/c1-9(14)8-16-12-7-6-10-4-2-3-5-11(10)13(12)15/h2-7H,1,8H2. The van der Waals surface area contributed by atoms with Gasteiger partial charge in [-0.1, -0.05) is 52.8 Å². The Morgan fingerprint density at radius 3 is 2.69 bits per heavy atom. The molecule has 0 aromatic heterocycles. The molecule has 0 N–H and O–H groups in total. The first kappa shape index (κ1) is 11.7. The second-order valence-corrected chi connectivity index (χ2v) is 5.32. The Balaban J connectivity index is 2.40. The second kappa shape index (κ2) is 5.02. The van der Waals surface area contributed by atoms with Crippen LogP contribution >= 0.6 is 31.9 Å². The highest BCUT2D eigenvalue weighted by Crippen LogP contribution is 2.33. The van der Waals surface area contributed by atoms with Crippen LogP contribution in [0.2, 0.25) is 0 Å². The van der Waals surface area contributed by atoms with Crippen LogP contribution in [-0.4, -0.2) is 6.61 Å². The normalized spacial score (nSPS) is 10.4. The molecule has 2 aromatic rings. The number of hydrogen-bond acceptors (Lipinski definition) is 1. The summed E-state index contributed by atoms with van der Waals surface area (Å²) in [5.74, 6) is 0.833. The van der Waals surface area contributed by atoms with Crippen molar-refractivity contribution in [1.29, 1.82) is 0 Å². The zero-order valence-corrected chi connectivity index (χ0v) is 11.7. The molecular formula is C13H10Br2O. The van der Waals surface area contributed by atoms with Crippen molar-refractivity contribution in [3.05, 3.63) is 51.9 Å². The van der Waals surface area contributed by atoms with Crippen LogP contribution < -0.4 is 4.74 Å². The van der Waals surface area contributed by atoms with E-state index in [1.807, 2.05) is 24.3 Å². The molecule has 3 heteroatoms. The number of fused-ring (bicyclic) bond motifs is 1. The molecule has 2 rings (SSSR count). The van der Waals surface area contributed by atoms with Crippen molar-refractivity contribution in [3.8, 4) is 5.75 Å². The fourth-order valence-corrected chi connectivity index (χ4v) is 2.20. The Hall–Kier alpha value is -0.800. The van der Waals surface area contributed by atoms with E-state index in [-0.39, 0.29) is 0 Å². The summed E-state index contributed by atoms with van der Waals surface area (Å²) in [5.41, 5.74) is 0. The van der Waals surface area contributed by atoms with Crippen molar-refractivity contribution in [2.24, 2.45) is 0 Å². The molecule has 82 valence electrons. The maximum Gasteiger partial charge on any atom is 0.134 e. The van der Waals surface area contributed by atoms with E-state index in [0.29, 0.717) is 6.61 Å². The molecule has 0 atom stereocenters. The molecule has 0 aliphatic heterocycles. The molecule has 0 unspecified atom stereocenters. The lowest BCUT2D eigenvalue weighted by molar-refractivity contribution is 0.359. The van der Waals surface area contributed by atoms with Crippen LogP contribution in [0.25, 0.3) is 10.8 Å². The largest absolute Gasteiger partial charge is 0.487 e. The van der Waals surface area contributed by atoms with Gasteiger partial charge in [0, 0.05) is 4.48 Å². The van der Waals surface area contributed by atoms with Gasteiger partial charge in [-0.2, -0.15) is 0 Å². The number of hydrogen-bond donors (Lipinski definition) is 0. The van der Waals surface area contributed by atoms with Crippen LogP contribution in [0.3, 0.4) is 0 Å². The van der Waals surface area contributed by atoms with Gasteiger partial charge in [0.1, 0.15) is 12.4 Å². The Morgan fingerprint density at radius 2 is 1.94 bits per heavy atom. The van der Waals surface area contributed by atoms with Gasteiger partial charge in [-0.15, -0.1) is 0 Å². The van der Waals surface area contributed by atoms with E-state index in [0.717, 1.165) is 20.1 Å². The zero-order valence-electron chi connectivity index (χ0n) is 8.54. The lowest BCUT2D eigenvalue weighted by Crippen LogP contribution is -1.96. The average molecular weight is 342 g/mol. The van der Waals surface area contributed by atoms with E-state index in [4.69, 9.17) is 4.74 Å². The smallest absolute Gasteiger partial charge is 0.134 e. The monoisotopic (exact) mass is 340 g/mol. The molecule has 0 saturated heterocycles. The minimum atomic E-state index is 0.469. The van der Waals surface area contributed by atoms with E-state index in [1.165, 1.54) is 5.39 Å². The zero-order chi connectivity index (χ0) is 11.5. The van der Waals surface area contributed by atoms with Gasteiger partial charge < -0.3 is 4.74 Å². The average Bonchev–Trinajstić information content (AvgIpc) is 2.28. The van der Waals surface area contributed by atoms with E-state index in [1.54, 1.807) is 0 Å². The summed E-state index contributed by atoms with van der Waals surface area (Å²) in [6, 6.07) is 12.2. The summed E-state index contributed by atoms with van der Waals surface area (Å²) in [6.07, 6.45) is 0. The van der Waals surface area contributed by atoms with Crippen molar-refractivity contribution in [1.82, 2.24) is 0 Å². The number of halogens is 2. The van der Waals surface area contributed by atoms with Crippen LogP contribution in [0, 0.1) is 0 Å². The van der Waals surface area contributed by atoms with Crippen molar-refractivity contribution in [2.45, 2.75) is 0 Å². The Bertz CT molecular complexity index is 534. The quantitative estimate of drug-likeness (QED) is 0.772. The Kier molecular flexibility index (Phi) is 3.66. The predicted octanol–water partition coefficient (Wildman–Crippen LogP) is 4.89. The molecular weight excluding hydrogens is 332 g/mol. The summed E-state index contributed by atoms with van der Waals surface area (Å²) >= 11 is 6.83. The summed E-state index contributed by atoms with van der Waals surface area (Å²) < 4.78 is 7.42. The highest BCUT2D eigenvalue weighted by molar-refractivity contribution is 9.11. The second-order valence-electron chi connectivity index (χ2n) is 3.40. The number of rotatable bonds is 3. The third-order valence-electron chi connectivity index (χ3n) is 2.21. The van der Waals surface area contributed by atoms with Crippen molar-refractivity contribution in [2.75, 3.05) is 6.61 Å². The van der Waals surface area contributed by atoms with Gasteiger partial charge in [0.25, 0.3) is 0 Å². The van der Waals surface area contributed by atoms with Crippen LogP contribution in [0.5, 0.6) is 5.75 Å². The SMILES string of the molecule is C=C(Br)COc1ccc2ccccc2c1Br. The topological polar surface area (TPSA) is 9.23 Å². The molecule has 0 aliphatic carbocycles. The molecule has 0 amide bonds. The van der Waals surface area contributed by atoms with Crippen LogP contribution in [-0.2, 0) is 0 Å². The molecule has 2 aromatic carbocycles. The number of benzene rings is 2. The highest BCUT2D eigenvalue weighted by atomic mass is 79.9. The number of ether oxygens (including phenoxy) is 1. The van der Waals surface area contributed by atoms with Gasteiger partial charge in [0.15, 0.2) is 0 Å². The van der Waals surface area contributed by atoms with E-state index < -0.39 is 0 Å².